The number of nitrogens with zero attached hydrogens (tertiary/aromatic N) is 1. The molecule has 0 spiro atoms. The van der Waals surface area contributed by atoms with Crippen molar-refractivity contribution in [1.82, 2.24) is 10.3 Å². The van der Waals surface area contributed by atoms with E-state index in [2.05, 4.69) is 10.3 Å². The molecule has 0 saturated heterocycles. The van der Waals surface area contributed by atoms with Gasteiger partial charge in [0.1, 0.15) is 5.82 Å². The van der Waals surface area contributed by atoms with Gasteiger partial charge >= 0.3 is 0 Å². The highest BCUT2D eigenvalue weighted by Gasteiger charge is 2.14. The number of carbonyl (C=O) groups is 1. The lowest BCUT2D eigenvalue weighted by atomic mass is 10.1. The molecule has 3 N–H and O–H groups in total. The van der Waals surface area contributed by atoms with Crippen molar-refractivity contribution >= 4 is 33.4 Å². The van der Waals surface area contributed by atoms with Gasteiger partial charge in [0, 0.05) is 34.2 Å². The molecule has 0 aliphatic heterocycles. The van der Waals surface area contributed by atoms with Crippen LogP contribution in [0.2, 0.25) is 0 Å². The summed E-state index contributed by atoms with van der Waals surface area (Å²) in [6.45, 7) is 2.19. The number of hydrogen-bond acceptors (Lipinski definition) is 4. The maximum atomic E-state index is 12.2. The Labute approximate surface area is 120 Å². The van der Waals surface area contributed by atoms with E-state index < -0.39 is 10.8 Å². The average Bonchev–Trinajstić information content (AvgIpc) is 2.43. The lowest BCUT2D eigenvalue weighted by Gasteiger charge is -2.11. The summed E-state index contributed by atoms with van der Waals surface area (Å²) in [7, 11) is -0.966. The second kappa shape index (κ2) is 6.00. The number of pyridine rings is 1. The molecule has 2 atom stereocenters. The molecule has 0 fully saturated rings. The van der Waals surface area contributed by atoms with Gasteiger partial charge in [0.05, 0.1) is 11.1 Å². The van der Waals surface area contributed by atoms with Gasteiger partial charge in [0.25, 0.3) is 5.91 Å². The summed E-state index contributed by atoms with van der Waals surface area (Å²) in [4.78, 5) is 16.4. The molecule has 2 unspecified atom stereocenters. The van der Waals surface area contributed by atoms with Crippen LogP contribution in [0.5, 0.6) is 0 Å². The van der Waals surface area contributed by atoms with Crippen molar-refractivity contribution in [3.63, 3.8) is 0 Å². The predicted octanol–water partition coefficient (Wildman–Crippen LogP) is 1.31. The molecule has 1 aromatic heterocycles. The number of benzene rings is 1. The van der Waals surface area contributed by atoms with Crippen LogP contribution < -0.4 is 11.1 Å². The minimum Gasteiger partial charge on any atom is -0.384 e. The number of amides is 1. The number of anilines is 1. The SMILES string of the molecule is CC(CNC(=O)c1cc(N)nc2ccccc12)S(C)=O. The first kappa shape index (κ1) is 14.5. The molecule has 2 rings (SSSR count). The number of rotatable bonds is 4. The maximum Gasteiger partial charge on any atom is 0.252 e. The van der Waals surface area contributed by atoms with Gasteiger partial charge < -0.3 is 11.1 Å². The van der Waals surface area contributed by atoms with Gasteiger partial charge in [0.15, 0.2) is 0 Å². The van der Waals surface area contributed by atoms with Crippen LogP contribution in [0.15, 0.2) is 30.3 Å². The third-order valence-corrected chi connectivity index (χ3v) is 4.40. The van der Waals surface area contributed by atoms with E-state index in [1.807, 2.05) is 31.2 Å². The largest absolute Gasteiger partial charge is 0.384 e. The van der Waals surface area contributed by atoms with Crippen molar-refractivity contribution in [2.24, 2.45) is 0 Å². The van der Waals surface area contributed by atoms with E-state index in [9.17, 15) is 9.00 Å². The average molecular weight is 291 g/mol. The van der Waals surface area contributed by atoms with E-state index in [1.54, 1.807) is 12.3 Å². The van der Waals surface area contributed by atoms with E-state index in [0.29, 0.717) is 23.4 Å². The van der Waals surface area contributed by atoms with Crippen LogP contribution in [0.25, 0.3) is 10.9 Å². The van der Waals surface area contributed by atoms with Gasteiger partial charge in [-0.05, 0) is 19.1 Å². The first-order valence-electron chi connectivity index (χ1n) is 6.24. The second-order valence-electron chi connectivity index (χ2n) is 4.63. The van der Waals surface area contributed by atoms with Crippen molar-refractivity contribution in [2.45, 2.75) is 12.2 Å². The quantitative estimate of drug-likeness (QED) is 0.889. The summed E-state index contributed by atoms with van der Waals surface area (Å²) in [6.07, 6.45) is 1.62. The number of aromatic nitrogens is 1. The molecular formula is C14H17N3O2S. The number of para-hydroxylation sites is 1. The zero-order chi connectivity index (χ0) is 14.7. The van der Waals surface area contributed by atoms with Crippen LogP contribution in [0.1, 0.15) is 17.3 Å². The number of fused-ring (bicyclic) bond motifs is 1. The topological polar surface area (TPSA) is 85.1 Å². The molecule has 0 saturated carbocycles. The molecule has 6 heteroatoms. The summed E-state index contributed by atoms with van der Waals surface area (Å²) in [5.41, 5.74) is 6.90. The predicted molar refractivity (Wildman–Crippen MR) is 82.0 cm³/mol. The van der Waals surface area contributed by atoms with Crippen LogP contribution in [0, 0.1) is 0 Å². The molecular weight excluding hydrogens is 274 g/mol. The lowest BCUT2D eigenvalue weighted by molar-refractivity contribution is 0.0955. The third kappa shape index (κ3) is 3.14. The Hall–Kier alpha value is -1.95. The molecule has 106 valence electrons. The van der Waals surface area contributed by atoms with E-state index in [-0.39, 0.29) is 11.2 Å². The normalized spacial score (nSPS) is 13.9. The van der Waals surface area contributed by atoms with Crippen molar-refractivity contribution in [3.8, 4) is 0 Å². The van der Waals surface area contributed by atoms with Crippen LogP contribution in [0.4, 0.5) is 5.82 Å². The summed E-state index contributed by atoms with van der Waals surface area (Å²) < 4.78 is 11.3. The van der Waals surface area contributed by atoms with Gasteiger partial charge in [-0.15, -0.1) is 0 Å². The molecule has 0 aliphatic carbocycles. The van der Waals surface area contributed by atoms with Gasteiger partial charge in [0.2, 0.25) is 0 Å². The summed E-state index contributed by atoms with van der Waals surface area (Å²) in [5.74, 6) is 0.0774. The highest BCUT2D eigenvalue weighted by Crippen LogP contribution is 2.19. The maximum absolute atomic E-state index is 12.2. The van der Waals surface area contributed by atoms with Crippen molar-refractivity contribution in [1.29, 1.82) is 0 Å². The highest BCUT2D eigenvalue weighted by molar-refractivity contribution is 7.84. The molecule has 1 heterocycles. The number of nitrogens with two attached hydrogens (primary N) is 1. The molecule has 0 bridgehead atoms. The Morgan fingerprint density at radius 3 is 2.85 bits per heavy atom. The fourth-order valence-electron chi connectivity index (χ4n) is 1.83. The Balaban J connectivity index is 2.28. The smallest absolute Gasteiger partial charge is 0.252 e. The zero-order valence-corrected chi connectivity index (χ0v) is 12.2. The number of carbonyl (C=O) groups excluding carboxylic acids is 1. The minimum atomic E-state index is -0.966. The summed E-state index contributed by atoms with van der Waals surface area (Å²) >= 11 is 0. The molecule has 0 aliphatic rings. The van der Waals surface area contributed by atoms with E-state index in [4.69, 9.17) is 5.73 Å². The van der Waals surface area contributed by atoms with Gasteiger partial charge in [-0.2, -0.15) is 0 Å². The van der Waals surface area contributed by atoms with Gasteiger partial charge in [-0.1, -0.05) is 18.2 Å². The van der Waals surface area contributed by atoms with Crippen molar-refractivity contribution in [3.05, 3.63) is 35.9 Å². The Morgan fingerprint density at radius 1 is 1.45 bits per heavy atom. The van der Waals surface area contributed by atoms with Crippen molar-refractivity contribution < 1.29 is 9.00 Å². The number of nitrogen functional groups attached to an aromatic ring is 1. The minimum absolute atomic E-state index is 0.0931. The Morgan fingerprint density at radius 2 is 2.15 bits per heavy atom. The van der Waals surface area contributed by atoms with Crippen molar-refractivity contribution in [2.75, 3.05) is 18.5 Å². The van der Waals surface area contributed by atoms with Crippen LogP contribution in [-0.4, -0.2) is 33.2 Å². The Bertz CT molecular complexity index is 673. The fraction of sp³-hybridized carbons (Fsp3) is 0.286. The fourth-order valence-corrected chi connectivity index (χ4v) is 2.15. The van der Waals surface area contributed by atoms with E-state index >= 15 is 0 Å². The molecule has 0 radical (unpaired) electrons. The molecule has 20 heavy (non-hydrogen) atoms. The third-order valence-electron chi connectivity index (χ3n) is 3.10. The van der Waals surface area contributed by atoms with Crippen LogP contribution in [-0.2, 0) is 10.8 Å². The number of hydrogen-bond donors (Lipinski definition) is 2. The van der Waals surface area contributed by atoms with E-state index in [0.717, 1.165) is 5.39 Å². The number of nitrogens with one attached hydrogen (secondary N) is 1. The lowest BCUT2D eigenvalue weighted by Crippen LogP contribution is -2.32. The van der Waals surface area contributed by atoms with Gasteiger partial charge in [-0.3, -0.25) is 9.00 Å². The summed E-state index contributed by atoms with van der Waals surface area (Å²) in [6, 6.07) is 8.90. The van der Waals surface area contributed by atoms with Gasteiger partial charge in [-0.25, -0.2) is 4.98 Å². The highest BCUT2D eigenvalue weighted by atomic mass is 32.2. The molecule has 1 amide bonds. The summed E-state index contributed by atoms with van der Waals surface area (Å²) in [5, 5.41) is 3.45. The first-order chi connectivity index (χ1) is 9.49. The molecule has 2 aromatic rings. The second-order valence-corrected chi connectivity index (χ2v) is 6.43. The molecule has 1 aromatic carbocycles. The zero-order valence-electron chi connectivity index (χ0n) is 11.4. The standard InChI is InChI=1S/C14H17N3O2S/c1-9(20(2)19)8-16-14(18)11-7-13(15)17-12-6-4-3-5-10(11)12/h3-7,9H,8H2,1-2H3,(H2,15,17)(H,16,18). The van der Waals surface area contributed by atoms with Crippen LogP contribution >= 0.6 is 0 Å². The van der Waals surface area contributed by atoms with Crippen LogP contribution in [0.3, 0.4) is 0 Å². The molecule has 5 nitrogen and oxygen atoms in total. The first-order valence-corrected chi connectivity index (χ1v) is 7.87. The monoisotopic (exact) mass is 291 g/mol. The van der Waals surface area contributed by atoms with E-state index in [1.165, 1.54) is 0 Å². The Kier molecular flexibility index (Phi) is 4.34.